The highest BCUT2D eigenvalue weighted by Gasteiger charge is 2.10. The lowest BCUT2D eigenvalue weighted by molar-refractivity contribution is 0.225. The van der Waals surface area contributed by atoms with E-state index in [1.165, 1.54) is 0 Å². The van der Waals surface area contributed by atoms with Crippen LogP contribution in [0.25, 0.3) is 0 Å². The first-order valence-corrected chi connectivity index (χ1v) is 7.29. The number of nitrogens with one attached hydrogen (secondary N) is 1. The molecule has 17 heavy (non-hydrogen) atoms. The smallest absolute Gasteiger partial charge is 0.211 e. The van der Waals surface area contributed by atoms with E-state index < -0.39 is 10.0 Å². The topological polar surface area (TPSA) is 55.4 Å². The highest BCUT2D eigenvalue weighted by molar-refractivity contribution is 7.89. The van der Waals surface area contributed by atoms with E-state index >= 15 is 0 Å². The fraction of sp³-hybridized carbons (Fsp3) is 0.500. The first kappa shape index (κ1) is 14.0. The van der Waals surface area contributed by atoms with E-state index in [1.807, 2.05) is 38.1 Å². The summed E-state index contributed by atoms with van der Waals surface area (Å²) in [5, 5.41) is 0. The minimum atomic E-state index is -3.14. The maximum absolute atomic E-state index is 11.2. The number of aryl methyl sites for hydroxylation is 1. The molecular formula is C12H19NO3S. The molecule has 0 heterocycles. The lowest BCUT2D eigenvalue weighted by Crippen LogP contribution is -2.34. The van der Waals surface area contributed by atoms with Crippen LogP contribution >= 0.6 is 0 Å². The molecule has 1 atom stereocenters. The maximum atomic E-state index is 11.2. The second-order valence-corrected chi connectivity index (χ2v) is 6.09. The Morgan fingerprint density at radius 1 is 1.29 bits per heavy atom. The summed E-state index contributed by atoms with van der Waals surface area (Å²) < 4.78 is 30.5. The van der Waals surface area contributed by atoms with E-state index in [0.717, 1.165) is 11.3 Å². The molecule has 0 aliphatic heterocycles. The Morgan fingerprint density at radius 3 is 2.41 bits per heavy atom. The van der Waals surface area contributed by atoms with Crippen molar-refractivity contribution in [2.24, 2.45) is 0 Å². The number of sulfonamides is 1. The summed E-state index contributed by atoms with van der Waals surface area (Å²) >= 11 is 0. The third-order valence-electron chi connectivity index (χ3n) is 2.33. The summed E-state index contributed by atoms with van der Waals surface area (Å²) in [5.74, 6) is 0.836. The molecule has 1 aromatic carbocycles. The van der Waals surface area contributed by atoms with Crippen molar-refractivity contribution in [2.45, 2.75) is 26.9 Å². The lowest BCUT2D eigenvalue weighted by Gasteiger charge is -2.15. The molecular weight excluding hydrogens is 238 g/mol. The molecule has 4 nitrogen and oxygen atoms in total. The van der Waals surface area contributed by atoms with Crippen LogP contribution in [-0.2, 0) is 10.0 Å². The van der Waals surface area contributed by atoms with Gasteiger partial charge in [0, 0.05) is 6.54 Å². The van der Waals surface area contributed by atoms with Crippen LogP contribution in [0.2, 0.25) is 0 Å². The van der Waals surface area contributed by atoms with Crippen molar-refractivity contribution < 1.29 is 13.2 Å². The van der Waals surface area contributed by atoms with Gasteiger partial charge in [0.2, 0.25) is 10.0 Å². The molecule has 0 fully saturated rings. The zero-order valence-corrected chi connectivity index (χ0v) is 11.3. The molecule has 0 aromatic heterocycles. The number of benzene rings is 1. The van der Waals surface area contributed by atoms with Gasteiger partial charge in [-0.1, -0.05) is 17.7 Å². The van der Waals surface area contributed by atoms with Gasteiger partial charge in [-0.05, 0) is 32.9 Å². The third-order valence-corrected chi connectivity index (χ3v) is 3.70. The fourth-order valence-electron chi connectivity index (χ4n) is 1.24. The molecule has 0 saturated carbocycles. The first-order chi connectivity index (χ1) is 7.93. The molecule has 1 unspecified atom stereocenters. The molecule has 0 aliphatic carbocycles. The van der Waals surface area contributed by atoms with E-state index in [0.29, 0.717) is 0 Å². The Labute approximate surface area is 103 Å². The van der Waals surface area contributed by atoms with Gasteiger partial charge < -0.3 is 4.74 Å². The quantitative estimate of drug-likeness (QED) is 0.844. The van der Waals surface area contributed by atoms with Crippen molar-refractivity contribution in [3.63, 3.8) is 0 Å². The fourth-order valence-corrected chi connectivity index (χ4v) is 1.93. The van der Waals surface area contributed by atoms with Gasteiger partial charge in [-0.3, -0.25) is 0 Å². The van der Waals surface area contributed by atoms with Crippen LogP contribution in [0.15, 0.2) is 24.3 Å². The molecule has 1 aromatic rings. The second kappa shape index (κ2) is 6.02. The number of hydrogen-bond donors (Lipinski definition) is 1. The van der Waals surface area contributed by atoms with Gasteiger partial charge in [0.05, 0.1) is 5.75 Å². The van der Waals surface area contributed by atoms with E-state index in [9.17, 15) is 8.42 Å². The molecule has 0 saturated heterocycles. The van der Waals surface area contributed by atoms with Crippen LogP contribution in [0.3, 0.4) is 0 Å². The average Bonchev–Trinajstić information content (AvgIpc) is 2.30. The van der Waals surface area contributed by atoms with Crippen LogP contribution < -0.4 is 9.46 Å². The number of ether oxygens (including phenoxy) is 1. The summed E-state index contributed by atoms with van der Waals surface area (Å²) in [6.07, 6.45) is -0.195. The van der Waals surface area contributed by atoms with E-state index in [2.05, 4.69) is 4.72 Å². The minimum Gasteiger partial charge on any atom is -0.489 e. The first-order valence-electron chi connectivity index (χ1n) is 5.63. The van der Waals surface area contributed by atoms with E-state index in [4.69, 9.17) is 4.74 Å². The number of rotatable bonds is 6. The van der Waals surface area contributed by atoms with Crippen molar-refractivity contribution in [2.75, 3.05) is 12.3 Å². The molecule has 0 bridgehead atoms. The van der Waals surface area contributed by atoms with Crippen LogP contribution in [0.1, 0.15) is 19.4 Å². The summed E-state index contributed by atoms with van der Waals surface area (Å²) in [6, 6.07) is 7.66. The van der Waals surface area contributed by atoms with Crippen LogP contribution in [0, 0.1) is 6.92 Å². The molecule has 1 rings (SSSR count). The predicted molar refractivity (Wildman–Crippen MR) is 68.7 cm³/mol. The van der Waals surface area contributed by atoms with Crippen LogP contribution in [0.5, 0.6) is 5.75 Å². The Hall–Kier alpha value is -1.07. The van der Waals surface area contributed by atoms with Crippen molar-refractivity contribution in [1.29, 1.82) is 0 Å². The lowest BCUT2D eigenvalue weighted by atomic mass is 10.2. The Morgan fingerprint density at radius 2 is 1.88 bits per heavy atom. The molecule has 96 valence electrons. The Balaban J connectivity index is 2.45. The van der Waals surface area contributed by atoms with Crippen molar-refractivity contribution in [1.82, 2.24) is 4.72 Å². The summed E-state index contributed by atoms with van der Waals surface area (Å²) in [4.78, 5) is 0. The van der Waals surface area contributed by atoms with Gasteiger partial charge in [-0.15, -0.1) is 0 Å². The van der Waals surface area contributed by atoms with Gasteiger partial charge in [-0.2, -0.15) is 0 Å². The van der Waals surface area contributed by atoms with Gasteiger partial charge in [-0.25, -0.2) is 13.1 Å². The molecule has 1 N–H and O–H groups in total. The standard InChI is InChI=1S/C12H19NO3S/c1-4-17(14,15)13-9-11(3)16-12-7-5-10(2)6-8-12/h5-8,11,13H,4,9H2,1-3H3. The van der Waals surface area contributed by atoms with Gasteiger partial charge in [0.1, 0.15) is 11.9 Å². The van der Waals surface area contributed by atoms with Crippen molar-refractivity contribution in [3.8, 4) is 5.75 Å². The highest BCUT2D eigenvalue weighted by atomic mass is 32.2. The SMILES string of the molecule is CCS(=O)(=O)NCC(C)Oc1ccc(C)cc1. The minimum absolute atomic E-state index is 0.0876. The van der Waals surface area contributed by atoms with Crippen molar-refractivity contribution in [3.05, 3.63) is 29.8 Å². The largest absolute Gasteiger partial charge is 0.489 e. The number of hydrogen-bond acceptors (Lipinski definition) is 3. The molecule has 0 radical (unpaired) electrons. The normalized spacial score (nSPS) is 13.4. The van der Waals surface area contributed by atoms with Gasteiger partial charge >= 0.3 is 0 Å². The summed E-state index contributed by atoms with van der Waals surface area (Å²) in [7, 11) is -3.14. The summed E-state index contributed by atoms with van der Waals surface area (Å²) in [5.41, 5.74) is 1.16. The van der Waals surface area contributed by atoms with Gasteiger partial charge in [0.15, 0.2) is 0 Å². The molecule has 0 spiro atoms. The zero-order chi connectivity index (χ0) is 12.9. The highest BCUT2D eigenvalue weighted by Crippen LogP contribution is 2.12. The molecule has 5 heteroatoms. The summed E-state index contributed by atoms with van der Waals surface area (Å²) in [6.45, 7) is 5.72. The average molecular weight is 257 g/mol. The monoisotopic (exact) mass is 257 g/mol. The Bertz CT molecular complexity index is 439. The Kier molecular flexibility index (Phi) is 4.96. The molecule has 0 amide bonds. The second-order valence-electron chi connectivity index (χ2n) is 3.99. The zero-order valence-electron chi connectivity index (χ0n) is 10.4. The third kappa shape index (κ3) is 5.19. The molecule has 0 aliphatic rings. The van der Waals surface area contributed by atoms with E-state index in [-0.39, 0.29) is 18.4 Å². The van der Waals surface area contributed by atoms with Gasteiger partial charge in [0.25, 0.3) is 0 Å². The maximum Gasteiger partial charge on any atom is 0.211 e. The van der Waals surface area contributed by atoms with Crippen molar-refractivity contribution >= 4 is 10.0 Å². The predicted octanol–water partition coefficient (Wildman–Crippen LogP) is 1.70. The van der Waals surface area contributed by atoms with Crippen LogP contribution in [0.4, 0.5) is 0 Å². The van der Waals surface area contributed by atoms with E-state index in [1.54, 1.807) is 6.92 Å². The van der Waals surface area contributed by atoms with Crippen LogP contribution in [-0.4, -0.2) is 26.8 Å².